The number of unbranched alkanes of at least 4 members (excludes halogenated alkanes) is 2. The molecule has 0 amide bonds. The van der Waals surface area contributed by atoms with Crippen LogP contribution in [0.1, 0.15) is 104 Å². The van der Waals surface area contributed by atoms with E-state index in [1.165, 1.54) is 0 Å². The number of aliphatic hydroxyl groups excluding tert-OH is 2. The minimum atomic E-state index is -4.55. The average Bonchev–Trinajstić information content (AvgIpc) is 3.13. The molecule has 0 spiro atoms. The topological polar surface area (TPSA) is 132 Å². The maximum Gasteiger partial charge on any atom is 0.472 e. The molecule has 0 aliphatic rings. The Balaban J connectivity index is 4.45. The van der Waals surface area contributed by atoms with Gasteiger partial charge in [0.2, 0.25) is 0 Å². The van der Waals surface area contributed by atoms with Gasteiger partial charge in [-0.2, -0.15) is 0 Å². The minimum absolute atomic E-state index is 0.0172. The molecule has 0 bridgehead atoms. The fourth-order valence-corrected chi connectivity index (χ4v) is 4.95. The molecule has 0 rings (SSSR count). The van der Waals surface area contributed by atoms with E-state index in [1.54, 1.807) is 0 Å². The van der Waals surface area contributed by atoms with Crippen molar-refractivity contribution >= 4 is 13.8 Å². The maximum atomic E-state index is 12.5. The van der Waals surface area contributed by atoms with E-state index in [1.807, 2.05) is 12.2 Å². The highest BCUT2D eigenvalue weighted by Crippen LogP contribution is 2.43. The molecule has 3 N–H and O–H groups in total. The van der Waals surface area contributed by atoms with Crippen LogP contribution in [0.25, 0.3) is 0 Å². The van der Waals surface area contributed by atoms with Crippen LogP contribution in [0.3, 0.4) is 0 Å². The summed E-state index contributed by atoms with van der Waals surface area (Å²) in [4.78, 5) is 22.4. The molecule has 0 aromatic heterocycles. The summed E-state index contributed by atoms with van der Waals surface area (Å²) in [5.41, 5.74) is 0. The van der Waals surface area contributed by atoms with E-state index in [2.05, 4.69) is 111 Å². The number of aliphatic hydroxyl groups is 2. The zero-order valence-electron chi connectivity index (χ0n) is 31.7. The van der Waals surface area contributed by atoms with Gasteiger partial charge in [0, 0.05) is 13.0 Å². The van der Waals surface area contributed by atoms with Crippen LogP contribution >= 0.6 is 7.82 Å². The number of phosphoric ester groups is 1. The van der Waals surface area contributed by atoms with E-state index in [4.69, 9.17) is 23.6 Å². The van der Waals surface area contributed by atoms with Gasteiger partial charge in [-0.25, -0.2) is 4.57 Å². The fraction of sp³-hybridized carbons (Fsp3) is 0.548. The van der Waals surface area contributed by atoms with E-state index >= 15 is 0 Å². The van der Waals surface area contributed by atoms with Crippen molar-refractivity contribution in [1.29, 1.82) is 0 Å². The van der Waals surface area contributed by atoms with Gasteiger partial charge in [0.1, 0.15) is 12.2 Å². The summed E-state index contributed by atoms with van der Waals surface area (Å²) in [5.74, 6) is -0.484. The third-order valence-electron chi connectivity index (χ3n) is 6.97. The van der Waals surface area contributed by atoms with Gasteiger partial charge >= 0.3 is 13.8 Å². The smallest absolute Gasteiger partial charge is 0.457 e. The Hall–Kier alpha value is -2.88. The number of allylic oxidation sites excluding steroid dienone is 18. The monoisotopic (exact) mass is 746 g/mol. The first-order valence-electron chi connectivity index (χ1n) is 18.9. The van der Waals surface area contributed by atoms with Crippen molar-refractivity contribution < 1.29 is 43.0 Å². The second-order valence-electron chi connectivity index (χ2n) is 11.8. The summed E-state index contributed by atoms with van der Waals surface area (Å²) in [7, 11) is -4.55. The number of rotatable bonds is 34. The largest absolute Gasteiger partial charge is 0.472 e. The van der Waals surface area contributed by atoms with Gasteiger partial charge in [-0.05, 0) is 83.5 Å². The molecule has 294 valence electrons. The number of hydrogen-bond donors (Lipinski definition) is 3. The van der Waals surface area contributed by atoms with E-state index in [0.717, 1.165) is 77.0 Å². The lowest BCUT2D eigenvalue weighted by atomic mass is 10.2. The van der Waals surface area contributed by atoms with Gasteiger partial charge < -0.3 is 24.6 Å². The SMILES string of the molecule is CC/C=C\C/C=C\C/C=C\C/C=C\C/C=C\CCCCOCC(COP(=O)(O)OCC(O)CO)OC(=O)CC/C=C\C/C=C\C/C=C\C/C=C\CC. The first kappa shape index (κ1) is 49.1. The highest BCUT2D eigenvalue weighted by molar-refractivity contribution is 7.47. The summed E-state index contributed by atoms with van der Waals surface area (Å²) >= 11 is 0. The third-order valence-corrected chi connectivity index (χ3v) is 7.92. The normalized spacial score (nSPS) is 15.4. The quantitative estimate of drug-likeness (QED) is 0.0255. The highest BCUT2D eigenvalue weighted by Gasteiger charge is 2.26. The van der Waals surface area contributed by atoms with Crippen molar-refractivity contribution in [3.05, 3.63) is 109 Å². The van der Waals surface area contributed by atoms with E-state index in [-0.39, 0.29) is 13.0 Å². The Bertz CT molecular complexity index is 1160. The first-order valence-corrected chi connectivity index (χ1v) is 20.4. The Morgan fingerprint density at radius 3 is 1.48 bits per heavy atom. The molecule has 0 aliphatic heterocycles. The Morgan fingerprint density at radius 1 is 0.596 bits per heavy atom. The molecular formula is C42H67O9P. The molecule has 0 radical (unpaired) electrons. The first-order chi connectivity index (χ1) is 25.3. The van der Waals surface area contributed by atoms with Crippen molar-refractivity contribution in [2.24, 2.45) is 0 Å². The summed E-state index contributed by atoms with van der Waals surface area (Å²) in [6, 6.07) is 0. The van der Waals surface area contributed by atoms with Crippen LogP contribution in [0, 0.1) is 0 Å². The molecule has 0 saturated carbocycles. The van der Waals surface area contributed by atoms with Gasteiger partial charge in [-0.15, -0.1) is 0 Å². The zero-order valence-corrected chi connectivity index (χ0v) is 32.6. The van der Waals surface area contributed by atoms with Crippen molar-refractivity contribution in [1.82, 2.24) is 0 Å². The zero-order chi connectivity index (χ0) is 38.2. The third kappa shape index (κ3) is 36.9. The number of carbonyl (C=O) groups is 1. The lowest BCUT2D eigenvalue weighted by Gasteiger charge is -2.20. The predicted octanol–water partition coefficient (Wildman–Crippen LogP) is 9.91. The molecule has 52 heavy (non-hydrogen) atoms. The fourth-order valence-electron chi connectivity index (χ4n) is 4.16. The van der Waals surface area contributed by atoms with Gasteiger partial charge in [0.05, 0.1) is 26.4 Å². The van der Waals surface area contributed by atoms with Crippen LogP contribution in [0.15, 0.2) is 109 Å². The summed E-state index contributed by atoms with van der Waals surface area (Å²) in [5, 5.41) is 18.3. The summed E-state index contributed by atoms with van der Waals surface area (Å²) in [6.07, 6.45) is 47.9. The van der Waals surface area contributed by atoms with Crippen LogP contribution in [-0.4, -0.2) is 66.3 Å². The molecule has 0 saturated heterocycles. The maximum absolute atomic E-state index is 12.5. The lowest BCUT2D eigenvalue weighted by Crippen LogP contribution is -2.29. The predicted molar refractivity (Wildman–Crippen MR) is 214 cm³/mol. The van der Waals surface area contributed by atoms with Crippen LogP contribution in [0.2, 0.25) is 0 Å². The molecule has 0 aromatic rings. The molecule has 0 heterocycles. The second kappa shape index (κ2) is 37.9. The van der Waals surface area contributed by atoms with E-state index in [0.29, 0.717) is 13.0 Å². The van der Waals surface area contributed by atoms with E-state index in [9.17, 15) is 19.4 Å². The Labute approximate surface area is 314 Å². The van der Waals surface area contributed by atoms with Crippen LogP contribution in [0.4, 0.5) is 0 Å². The Morgan fingerprint density at radius 2 is 1.02 bits per heavy atom. The molecule has 10 heteroatoms. The molecule has 0 aliphatic carbocycles. The number of esters is 1. The summed E-state index contributed by atoms with van der Waals surface area (Å²) in [6.45, 7) is 3.02. The number of ether oxygens (including phenoxy) is 2. The Kier molecular flexibility index (Phi) is 35.8. The van der Waals surface area contributed by atoms with Crippen molar-refractivity contribution in [2.45, 2.75) is 116 Å². The van der Waals surface area contributed by atoms with Gasteiger partial charge in [-0.1, -0.05) is 123 Å². The molecular weight excluding hydrogens is 679 g/mol. The van der Waals surface area contributed by atoms with Gasteiger partial charge in [0.25, 0.3) is 0 Å². The van der Waals surface area contributed by atoms with Crippen molar-refractivity contribution in [3.8, 4) is 0 Å². The van der Waals surface area contributed by atoms with Crippen LogP contribution in [-0.2, 0) is 27.9 Å². The molecule has 0 fully saturated rings. The molecule has 0 aromatic carbocycles. The number of carbonyl (C=O) groups excluding carboxylic acids is 1. The average molecular weight is 747 g/mol. The van der Waals surface area contributed by atoms with Crippen molar-refractivity contribution in [3.63, 3.8) is 0 Å². The van der Waals surface area contributed by atoms with E-state index < -0.39 is 45.8 Å². The number of phosphoric acid groups is 1. The van der Waals surface area contributed by atoms with Crippen molar-refractivity contribution in [2.75, 3.05) is 33.0 Å². The number of hydrogen-bond acceptors (Lipinski definition) is 8. The van der Waals surface area contributed by atoms with Crippen LogP contribution in [0.5, 0.6) is 0 Å². The van der Waals surface area contributed by atoms with Gasteiger partial charge in [-0.3, -0.25) is 13.8 Å². The van der Waals surface area contributed by atoms with Crippen LogP contribution < -0.4 is 0 Å². The molecule has 3 atom stereocenters. The minimum Gasteiger partial charge on any atom is -0.457 e. The summed E-state index contributed by atoms with van der Waals surface area (Å²) < 4.78 is 33.1. The van der Waals surface area contributed by atoms with Gasteiger partial charge in [0.15, 0.2) is 0 Å². The highest BCUT2D eigenvalue weighted by atomic mass is 31.2. The molecule has 9 nitrogen and oxygen atoms in total. The lowest BCUT2D eigenvalue weighted by molar-refractivity contribution is -0.154. The second-order valence-corrected chi connectivity index (χ2v) is 13.3. The molecule has 3 unspecified atom stereocenters. The standard InChI is InChI=1S/C42H67O9P/c1-3-5-7-9-11-13-15-17-18-19-20-21-23-25-27-29-31-33-35-48-38-41(39-50-52(46,47)49-37-40(44)36-43)51-42(45)34-32-30-28-26-24-22-16-14-12-10-8-6-4-2/h5-8,11-14,17-18,20-22,24-25,27-28,30,40-41,43-44H,3-4,9-10,15-16,19,23,26,29,31-39H2,1-2H3,(H,46,47)/b7-5-,8-6-,13-11-,14-12-,18-17-,21-20-,24-22-,27-25-,30-28-.